The maximum absolute atomic E-state index is 13.2. The Morgan fingerprint density at radius 3 is 2.63 bits per heavy atom. The summed E-state index contributed by atoms with van der Waals surface area (Å²) in [6.45, 7) is 5.50. The second-order valence-electron chi connectivity index (χ2n) is 7.16. The smallest absolute Gasteiger partial charge is 0.264 e. The molecule has 0 unspecified atom stereocenters. The Kier molecular flexibility index (Phi) is 6.71. The lowest BCUT2D eigenvalue weighted by Crippen LogP contribution is -2.60. The Morgan fingerprint density at radius 2 is 2.00 bits per heavy atom. The predicted octanol–water partition coefficient (Wildman–Crippen LogP) is 1.64. The van der Waals surface area contributed by atoms with Crippen molar-refractivity contribution in [1.82, 2.24) is 14.8 Å². The van der Waals surface area contributed by atoms with E-state index in [-0.39, 0.29) is 11.4 Å². The molecule has 1 aliphatic heterocycles. The van der Waals surface area contributed by atoms with Crippen molar-refractivity contribution in [3.8, 4) is 5.75 Å². The molecule has 3 rings (SSSR count). The first-order valence-electron chi connectivity index (χ1n) is 9.48. The minimum Gasteiger partial charge on any atom is -0.489 e. The third-order valence-corrected chi connectivity index (χ3v) is 6.82. The molecule has 0 spiro atoms. The molecule has 1 aromatic heterocycles. The van der Waals surface area contributed by atoms with Gasteiger partial charge < -0.3 is 9.47 Å². The topological polar surface area (TPSA) is 118 Å². The van der Waals surface area contributed by atoms with E-state index in [0.717, 1.165) is 15.6 Å². The number of hydrogen-bond donors (Lipinski definition) is 2. The molecule has 1 aromatic carbocycles. The Morgan fingerprint density at radius 1 is 1.30 bits per heavy atom. The molecule has 1 fully saturated rings. The summed E-state index contributed by atoms with van der Waals surface area (Å²) in [6.07, 6.45) is 0.583. The summed E-state index contributed by atoms with van der Waals surface area (Å²) in [6, 6.07) is 8.54. The van der Waals surface area contributed by atoms with Gasteiger partial charge in [0.05, 0.1) is 17.1 Å². The Balaban J connectivity index is 1.79. The van der Waals surface area contributed by atoms with E-state index in [2.05, 4.69) is 4.98 Å². The molecule has 162 valence electrons. The summed E-state index contributed by atoms with van der Waals surface area (Å²) < 4.78 is 38.8. The van der Waals surface area contributed by atoms with Crippen molar-refractivity contribution >= 4 is 15.9 Å². The van der Waals surface area contributed by atoms with Gasteiger partial charge in [-0.05, 0) is 51.1 Å². The van der Waals surface area contributed by atoms with Gasteiger partial charge in [0.25, 0.3) is 5.91 Å². The molecular weight excluding hydrogens is 410 g/mol. The highest BCUT2D eigenvalue weighted by Crippen LogP contribution is 2.27. The number of hydroxylamine groups is 1. The molecular formula is C20H25N3O6S. The zero-order valence-electron chi connectivity index (χ0n) is 17.0. The lowest BCUT2D eigenvalue weighted by molar-refractivity contribution is -0.146. The van der Waals surface area contributed by atoms with Crippen LogP contribution >= 0.6 is 0 Å². The fraction of sp³-hybridized carbons (Fsp3) is 0.400. The SMILES string of the molecule is Cc1ncccc1COc1ccc(S(=O)(=O)N2C[C@H](C)O[C@@H](C)[C@@H]2C(=O)NO)cc1. The Hall–Kier alpha value is -2.53. The second-order valence-corrected chi connectivity index (χ2v) is 9.05. The Labute approximate surface area is 175 Å². The van der Waals surface area contributed by atoms with Crippen molar-refractivity contribution in [3.63, 3.8) is 0 Å². The van der Waals surface area contributed by atoms with Crippen LogP contribution in [-0.2, 0) is 26.2 Å². The summed E-state index contributed by atoms with van der Waals surface area (Å²) in [7, 11) is -4.01. The normalized spacial score (nSPS) is 22.5. The predicted molar refractivity (Wildman–Crippen MR) is 107 cm³/mol. The number of carbonyl (C=O) groups excluding carboxylic acids is 1. The number of carbonyl (C=O) groups is 1. The van der Waals surface area contributed by atoms with Crippen LogP contribution in [0.5, 0.6) is 5.75 Å². The number of benzene rings is 1. The fourth-order valence-corrected chi connectivity index (χ4v) is 5.14. The minimum absolute atomic E-state index is 0.0106. The number of hydrogen-bond acceptors (Lipinski definition) is 7. The molecule has 2 aromatic rings. The molecule has 10 heteroatoms. The standard InChI is InChI=1S/C20H25N3O6S/c1-13-11-23(19(15(3)29-13)20(24)22-25)30(26,27)18-8-6-17(7-9-18)28-12-16-5-4-10-21-14(16)2/h4-10,13,15,19,25H,11-12H2,1-3H3,(H,22,24)/t13-,15-,19+/m0/s1. The van der Waals surface area contributed by atoms with E-state index in [1.165, 1.54) is 17.6 Å². The molecule has 0 radical (unpaired) electrons. The molecule has 30 heavy (non-hydrogen) atoms. The summed E-state index contributed by atoms with van der Waals surface area (Å²) in [5, 5.41) is 9.04. The van der Waals surface area contributed by atoms with E-state index in [1.54, 1.807) is 32.2 Å². The average Bonchev–Trinajstić information content (AvgIpc) is 2.72. The first-order chi connectivity index (χ1) is 14.2. The summed E-state index contributed by atoms with van der Waals surface area (Å²) in [5.41, 5.74) is 3.32. The first kappa shape index (κ1) is 22.2. The number of rotatable bonds is 6. The van der Waals surface area contributed by atoms with E-state index in [1.807, 2.05) is 19.1 Å². The molecule has 2 N–H and O–H groups in total. The molecule has 0 bridgehead atoms. The van der Waals surface area contributed by atoms with Gasteiger partial charge in [-0.1, -0.05) is 6.07 Å². The first-order valence-corrected chi connectivity index (χ1v) is 10.9. The Bertz CT molecular complexity index is 996. The number of morpholine rings is 1. The van der Waals surface area contributed by atoms with Crippen molar-refractivity contribution in [1.29, 1.82) is 0 Å². The second kappa shape index (κ2) is 9.09. The third kappa shape index (κ3) is 4.62. The van der Waals surface area contributed by atoms with E-state index in [4.69, 9.17) is 14.7 Å². The van der Waals surface area contributed by atoms with E-state index in [0.29, 0.717) is 12.4 Å². The van der Waals surface area contributed by atoms with Crippen LogP contribution in [0.3, 0.4) is 0 Å². The minimum atomic E-state index is -4.01. The number of nitrogens with one attached hydrogen (secondary N) is 1. The number of ether oxygens (including phenoxy) is 2. The molecule has 1 amide bonds. The van der Waals surface area contributed by atoms with E-state index >= 15 is 0 Å². The van der Waals surface area contributed by atoms with Gasteiger partial charge in [0.2, 0.25) is 10.0 Å². The van der Waals surface area contributed by atoms with Crippen molar-refractivity contribution in [2.45, 2.75) is 50.5 Å². The number of nitrogens with zero attached hydrogens (tertiary/aromatic N) is 2. The molecule has 0 aliphatic carbocycles. The van der Waals surface area contributed by atoms with Gasteiger partial charge in [-0.2, -0.15) is 4.31 Å². The van der Waals surface area contributed by atoms with Gasteiger partial charge in [0, 0.05) is 24.0 Å². The molecule has 3 atom stereocenters. The lowest BCUT2D eigenvalue weighted by atomic mass is 10.1. The number of sulfonamides is 1. The highest BCUT2D eigenvalue weighted by molar-refractivity contribution is 7.89. The zero-order valence-corrected chi connectivity index (χ0v) is 17.8. The van der Waals surface area contributed by atoms with Crippen LogP contribution < -0.4 is 10.2 Å². The average molecular weight is 436 g/mol. The monoisotopic (exact) mass is 435 g/mol. The van der Waals surface area contributed by atoms with Crippen molar-refractivity contribution in [2.75, 3.05) is 6.54 Å². The van der Waals surface area contributed by atoms with Gasteiger partial charge in [-0.3, -0.25) is 15.0 Å². The number of amides is 1. The highest BCUT2D eigenvalue weighted by atomic mass is 32.2. The van der Waals surface area contributed by atoms with E-state index < -0.39 is 34.2 Å². The molecule has 2 heterocycles. The van der Waals surface area contributed by atoms with Gasteiger partial charge >= 0.3 is 0 Å². The van der Waals surface area contributed by atoms with Crippen LogP contribution in [0.25, 0.3) is 0 Å². The number of pyridine rings is 1. The largest absolute Gasteiger partial charge is 0.489 e. The van der Waals surface area contributed by atoms with Gasteiger partial charge in [-0.15, -0.1) is 0 Å². The van der Waals surface area contributed by atoms with Crippen LogP contribution in [0.15, 0.2) is 47.5 Å². The van der Waals surface area contributed by atoms with Crippen LogP contribution in [0, 0.1) is 6.92 Å². The molecule has 1 saturated heterocycles. The van der Waals surface area contributed by atoms with Crippen molar-refractivity contribution < 1.29 is 27.9 Å². The molecule has 1 aliphatic rings. The maximum Gasteiger partial charge on any atom is 0.264 e. The van der Waals surface area contributed by atoms with Crippen molar-refractivity contribution in [2.24, 2.45) is 0 Å². The third-order valence-electron chi connectivity index (χ3n) is 4.96. The van der Waals surface area contributed by atoms with E-state index in [9.17, 15) is 13.2 Å². The quantitative estimate of drug-likeness (QED) is 0.523. The van der Waals surface area contributed by atoms with Crippen molar-refractivity contribution in [3.05, 3.63) is 53.9 Å². The zero-order chi connectivity index (χ0) is 21.9. The van der Waals surface area contributed by atoms with Gasteiger partial charge in [0.1, 0.15) is 18.4 Å². The van der Waals surface area contributed by atoms with Crippen LogP contribution in [-0.4, -0.2) is 53.6 Å². The number of aryl methyl sites for hydroxylation is 1. The lowest BCUT2D eigenvalue weighted by Gasteiger charge is -2.40. The number of aromatic nitrogens is 1. The molecule has 9 nitrogen and oxygen atoms in total. The van der Waals surface area contributed by atoms with Gasteiger partial charge in [-0.25, -0.2) is 13.9 Å². The van der Waals surface area contributed by atoms with Gasteiger partial charge in [0.15, 0.2) is 0 Å². The van der Waals surface area contributed by atoms with Crippen LogP contribution in [0.4, 0.5) is 0 Å². The molecule has 0 saturated carbocycles. The summed E-state index contributed by atoms with van der Waals surface area (Å²) in [5.74, 6) is -0.338. The summed E-state index contributed by atoms with van der Waals surface area (Å²) in [4.78, 5) is 16.3. The summed E-state index contributed by atoms with van der Waals surface area (Å²) >= 11 is 0. The van der Waals surface area contributed by atoms with Crippen LogP contribution in [0.2, 0.25) is 0 Å². The fourth-order valence-electron chi connectivity index (χ4n) is 3.42. The van der Waals surface area contributed by atoms with Crippen LogP contribution in [0.1, 0.15) is 25.1 Å². The highest BCUT2D eigenvalue weighted by Gasteiger charge is 2.44. The maximum atomic E-state index is 13.2.